The fourth-order valence-electron chi connectivity index (χ4n) is 3.27. The van der Waals surface area contributed by atoms with Crippen molar-refractivity contribution < 1.29 is 22.0 Å². The number of carbonyl (C=O) groups is 1. The minimum atomic E-state index is -3.78. The largest absolute Gasteiger partial charge is 0.457 e. The van der Waals surface area contributed by atoms with Gasteiger partial charge in [0.2, 0.25) is 15.9 Å². The molecule has 0 atom stereocenters. The van der Waals surface area contributed by atoms with E-state index < -0.39 is 15.8 Å². The van der Waals surface area contributed by atoms with E-state index in [0.29, 0.717) is 5.76 Å². The van der Waals surface area contributed by atoms with E-state index in [4.69, 9.17) is 4.42 Å². The number of furan rings is 1. The molecule has 0 aliphatic carbocycles. The van der Waals surface area contributed by atoms with Crippen molar-refractivity contribution in [1.82, 2.24) is 9.21 Å². The number of rotatable bonds is 4. The summed E-state index contributed by atoms with van der Waals surface area (Å²) in [6.45, 7) is 0.835. The van der Waals surface area contributed by atoms with Crippen LogP contribution in [0.1, 0.15) is 5.76 Å². The third kappa shape index (κ3) is 4.08. The van der Waals surface area contributed by atoms with Crippen LogP contribution in [-0.4, -0.2) is 49.7 Å². The predicted molar refractivity (Wildman–Crippen MR) is 107 cm³/mol. The summed E-state index contributed by atoms with van der Waals surface area (Å²) in [5, 5.41) is 0.954. The van der Waals surface area contributed by atoms with Crippen LogP contribution in [0, 0.1) is 5.82 Å². The summed E-state index contributed by atoms with van der Waals surface area (Å²) in [7, 11) is -3.78. The van der Waals surface area contributed by atoms with E-state index in [0.717, 1.165) is 17.0 Å². The van der Waals surface area contributed by atoms with Gasteiger partial charge in [0.25, 0.3) is 0 Å². The second-order valence-electron chi connectivity index (χ2n) is 6.71. The van der Waals surface area contributed by atoms with Gasteiger partial charge in [-0.2, -0.15) is 4.31 Å². The fraction of sp³-hybridized carbons (Fsp3) is 0.190. The number of nitrogens with zero attached hydrogens (tertiary/aromatic N) is 2. The molecule has 8 heteroatoms. The number of hydrogen-bond acceptors (Lipinski definition) is 4. The second kappa shape index (κ2) is 7.81. The molecule has 1 saturated heterocycles. The van der Waals surface area contributed by atoms with Crippen LogP contribution in [-0.2, 0) is 14.8 Å². The minimum Gasteiger partial charge on any atom is -0.457 e. The van der Waals surface area contributed by atoms with Crippen molar-refractivity contribution in [2.45, 2.75) is 4.90 Å². The Balaban J connectivity index is 1.39. The summed E-state index contributed by atoms with van der Waals surface area (Å²) in [6.07, 6.45) is 3.03. The highest BCUT2D eigenvalue weighted by Gasteiger charge is 2.29. The van der Waals surface area contributed by atoms with Gasteiger partial charge in [-0.1, -0.05) is 24.3 Å². The lowest BCUT2D eigenvalue weighted by molar-refractivity contribution is -0.127. The molecule has 0 bridgehead atoms. The molecule has 2 aromatic carbocycles. The highest BCUT2D eigenvalue weighted by Crippen LogP contribution is 2.21. The first-order chi connectivity index (χ1) is 13.9. The molecular weight excluding hydrogens is 395 g/mol. The molecule has 29 heavy (non-hydrogen) atoms. The van der Waals surface area contributed by atoms with Crippen molar-refractivity contribution in [2.75, 3.05) is 26.2 Å². The molecule has 2 heterocycles. The SMILES string of the molecule is O=C(/C=C/c1cc2ccccc2o1)N1CCN(S(=O)(=O)c2cccc(F)c2)CC1. The number of halogens is 1. The van der Waals surface area contributed by atoms with Crippen molar-refractivity contribution in [3.63, 3.8) is 0 Å². The minimum absolute atomic E-state index is 0.0814. The molecule has 0 radical (unpaired) electrons. The van der Waals surface area contributed by atoms with Gasteiger partial charge >= 0.3 is 0 Å². The smallest absolute Gasteiger partial charge is 0.246 e. The van der Waals surface area contributed by atoms with Gasteiger partial charge in [0.05, 0.1) is 4.90 Å². The lowest BCUT2D eigenvalue weighted by atomic mass is 10.2. The molecule has 0 saturated carbocycles. The van der Waals surface area contributed by atoms with Crippen molar-refractivity contribution in [1.29, 1.82) is 0 Å². The van der Waals surface area contributed by atoms with Crippen LogP contribution in [0.15, 0.2) is 70.0 Å². The average molecular weight is 414 g/mol. The average Bonchev–Trinajstić information content (AvgIpc) is 3.15. The zero-order valence-corrected chi connectivity index (χ0v) is 16.3. The Morgan fingerprint density at radius 2 is 1.76 bits per heavy atom. The van der Waals surface area contributed by atoms with Gasteiger partial charge in [-0.25, -0.2) is 12.8 Å². The van der Waals surface area contributed by atoms with Gasteiger partial charge in [-0.3, -0.25) is 4.79 Å². The third-order valence-corrected chi connectivity index (χ3v) is 6.71. The van der Waals surface area contributed by atoms with Crippen LogP contribution in [0.3, 0.4) is 0 Å². The quantitative estimate of drug-likeness (QED) is 0.615. The maximum absolute atomic E-state index is 13.4. The van der Waals surface area contributed by atoms with Gasteiger partial charge in [-0.15, -0.1) is 0 Å². The number of para-hydroxylation sites is 1. The first kappa shape index (κ1) is 19.4. The van der Waals surface area contributed by atoms with Gasteiger partial charge in [0.15, 0.2) is 0 Å². The molecule has 4 rings (SSSR count). The Labute approximate surface area is 167 Å². The third-order valence-electron chi connectivity index (χ3n) is 4.82. The number of benzene rings is 2. The van der Waals surface area contributed by atoms with E-state index in [9.17, 15) is 17.6 Å². The zero-order chi connectivity index (χ0) is 20.4. The van der Waals surface area contributed by atoms with Crippen molar-refractivity contribution in [3.05, 3.63) is 72.3 Å². The summed E-state index contributed by atoms with van der Waals surface area (Å²) in [5.41, 5.74) is 0.746. The van der Waals surface area contributed by atoms with Crippen LogP contribution >= 0.6 is 0 Å². The van der Waals surface area contributed by atoms with Crippen molar-refractivity contribution >= 4 is 33.0 Å². The summed E-state index contributed by atoms with van der Waals surface area (Å²) < 4.78 is 45.6. The Morgan fingerprint density at radius 3 is 2.48 bits per heavy atom. The van der Waals surface area contributed by atoms with Crippen LogP contribution in [0.4, 0.5) is 4.39 Å². The highest BCUT2D eigenvalue weighted by molar-refractivity contribution is 7.89. The first-order valence-corrected chi connectivity index (χ1v) is 10.6. The molecule has 0 N–H and O–H groups in total. The van der Waals surface area contributed by atoms with Crippen LogP contribution in [0.5, 0.6) is 0 Å². The number of sulfonamides is 1. The molecular formula is C21H19FN2O4S. The highest BCUT2D eigenvalue weighted by atomic mass is 32.2. The Morgan fingerprint density at radius 1 is 1.00 bits per heavy atom. The van der Waals surface area contributed by atoms with E-state index in [1.54, 1.807) is 11.0 Å². The van der Waals surface area contributed by atoms with Crippen molar-refractivity contribution in [3.8, 4) is 0 Å². The predicted octanol–water partition coefficient (Wildman–Crippen LogP) is 3.12. The fourth-order valence-corrected chi connectivity index (χ4v) is 4.72. The standard InChI is InChI=1S/C21H19FN2O4S/c22-17-5-3-6-19(15-17)29(26,27)24-12-10-23(11-13-24)21(25)9-8-18-14-16-4-1-2-7-20(16)28-18/h1-9,14-15H,10-13H2/b9-8+. The summed E-state index contributed by atoms with van der Waals surface area (Å²) in [5.74, 6) is -0.240. The molecule has 1 aliphatic rings. The molecule has 0 unspecified atom stereocenters. The molecule has 1 aromatic heterocycles. The molecule has 150 valence electrons. The van der Waals surface area contributed by atoms with E-state index >= 15 is 0 Å². The number of carbonyl (C=O) groups excluding carboxylic acids is 1. The van der Waals surface area contributed by atoms with Gasteiger partial charge < -0.3 is 9.32 Å². The lowest BCUT2D eigenvalue weighted by Gasteiger charge is -2.33. The summed E-state index contributed by atoms with van der Waals surface area (Å²) in [6, 6.07) is 14.4. The molecule has 1 fully saturated rings. The first-order valence-electron chi connectivity index (χ1n) is 9.15. The van der Waals surface area contributed by atoms with E-state index in [2.05, 4.69) is 0 Å². The maximum Gasteiger partial charge on any atom is 0.246 e. The molecule has 6 nitrogen and oxygen atoms in total. The second-order valence-corrected chi connectivity index (χ2v) is 8.64. The zero-order valence-electron chi connectivity index (χ0n) is 15.5. The van der Waals surface area contributed by atoms with Gasteiger partial charge in [-0.05, 0) is 36.4 Å². The van der Waals surface area contributed by atoms with Gasteiger partial charge in [0.1, 0.15) is 17.2 Å². The normalized spacial score (nSPS) is 16.0. The van der Waals surface area contributed by atoms with Crippen LogP contribution in [0.25, 0.3) is 17.0 Å². The van der Waals surface area contributed by atoms with Crippen molar-refractivity contribution in [2.24, 2.45) is 0 Å². The van der Waals surface area contributed by atoms with Crippen LogP contribution in [0.2, 0.25) is 0 Å². The van der Waals surface area contributed by atoms with E-state index in [1.807, 2.05) is 30.3 Å². The van der Waals surface area contributed by atoms with Gasteiger partial charge in [0, 0.05) is 37.6 Å². The molecule has 1 aliphatic heterocycles. The van der Waals surface area contributed by atoms with E-state index in [-0.39, 0.29) is 37.0 Å². The number of amides is 1. The monoisotopic (exact) mass is 414 g/mol. The molecule has 0 spiro atoms. The summed E-state index contributed by atoms with van der Waals surface area (Å²) in [4.78, 5) is 13.9. The Bertz CT molecular complexity index is 1150. The Hall–Kier alpha value is -2.97. The lowest BCUT2D eigenvalue weighted by Crippen LogP contribution is -2.50. The molecule has 1 amide bonds. The maximum atomic E-state index is 13.4. The molecule has 3 aromatic rings. The number of hydrogen-bond donors (Lipinski definition) is 0. The van der Waals surface area contributed by atoms with Crippen LogP contribution < -0.4 is 0 Å². The Kier molecular flexibility index (Phi) is 5.21. The number of piperazine rings is 1. The van der Waals surface area contributed by atoms with E-state index in [1.165, 1.54) is 28.6 Å². The summed E-state index contributed by atoms with van der Waals surface area (Å²) >= 11 is 0. The number of fused-ring (bicyclic) bond motifs is 1. The topological polar surface area (TPSA) is 70.8 Å².